The zero-order valence-corrected chi connectivity index (χ0v) is 16.3. The lowest BCUT2D eigenvalue weighted by Crippen LogP contribution is -2.15. The molecule has 0 aromatic carbocycles. The molecular formula is C14H26O8S2. The lowest BCUT2D eigenvalue weighted by Gasteiger charge is -2.05. The Morgan fingerprint density at radius 1 is 0.708 bits per heavy atom. The molecule has 0 radical (unpaired) electrons. The van der Waals surface area contributed by atoms with E-state index in [0.29, 0.717) is 0 Å². The predicted octanol–water partition coefficient (Wildman–Crippen LogP) is 0.323. The van der Waals surface area contributed by atoms with E-state index in [9.17, 15) is 16.8 Å². The quantitative estimate of drug-likeness (QED) is 0.391. The van der Waals surface area contributed by atoms with Crippen LogP contribution in [0.25, 0.3) is 0 Å². The van der Waals surface area contributed by atoms with Gasteiger partial charge in [-0.05, 0) is 53.4 Å². The second-order valence-corrected chi connectivity index (χ2v) is 8.84. The lowest BCUT2D eigenvalue weighted by atomic mass is 10.1. The first-order valence-corrected chi connectivity index (χ1v) is 9.94. The van der Waals surface area contributed by atoms with Gasteiger partial charge < -0.3 is 10.2 Å². The largest absolute Gasteiger partial charge is 0.378 e. The first kappa shape index (κ1) is 27.7. The minimum absolute atomic E-state index is 0.201. The summed E-state index contributed by atoms with van der Waals surface area (Å²) in [5, 5.41) is 18.3. The van der Waals surface area contributed by atoms with Gasteiger partial charge in [0.15, 0.2) is 0 Å². The van der Waals surface area contributed by atoms with Gasteiger partial charge in [-0.25, -0.2) is 0 Å². The fourth-order valence-electron chi connectivity index (χ4n) is 0.368. The van der Waals surface area contributed by atoms with Crippen molar-refractivity contribution >= 4 is 20.2 Å². The van der Waals surface area contributed by atoms with Crippen molar-refractivity contribution in [1.82, 2.24) is 0 Å². The Labute approximate surface area is 144 Å². The molecule has 0 amide bonds. The lowest BCUT2D eigenvalue weighted by molar-refractivity contribution is 0.142. The van der Waals surface area contributed by atoms with E-state index in [1.54, 1.807) is 27.7 Å². The van der Waals surface area contributed by atoms with Gasteiger partial charge in [0.1, 0.15) is 11.2 Å². The first-order chi connectivity index (χ1) is 10.3. The maximum Gasteiger partial charge on any atom is 0.264 e. The predicted molar refractivity (Wildman–Crippen MR) is 92.3 cm³/mol. The van der Waals surface area contributed by atoms with Crippen LogP contribution in [0, 0.1) is 23.7 Å². The highest BCUT2D eigenvalue weighted by molar-refractivity contribution is 7.85. The molecule has 8 nitrogen and oxygen atoms in total. The monoisotopic (exact) mass is 386 g/mol. The minimum Gasteiger partial charge on any atom is -0.378 e. The van der Waals surface area contributed by atoms with E-state index in [-0.39, 0.29) is 11.5 Å². The van der Waals surface area contributed by atoms with Gasteiger partial charge in [0.2, 0.25) is 0 Å². The number of hydrogen-bond donors (Lipinski definition) is 4. The Kier molecular flexibility index (Phi) is 13.2. The zero-order valence-electron chi connectivity index (χ0n) is 14.7. The fourth-order valence-corrected chi connectivity index (χ4v) is 0.368. The van der Waals surface area contributed by atoms with Crippen molar-refractivity contribution in [2.75, 3.05) is 11.5 Å². The van der Waals surface area contributed by atoms with Gasteiger partial charge in [-0.1, -0.05) is 11.8 Å². The molecule has 0 fully saturated rings. The molecule has 0 aliphatic rings. The third-order valence-electron chi connectivity index (χ3n) is 1.53. The summed E-state index contributed by atoms with van der Waals surface area (Å²) in [7, 11) is -7.32. The van der Waals surface area contributed by atoms with Crippen molar-refractivity contribution in [2.45, 2.75) is 52.7 Å². The van der Waals surface area contributed by atoms with Gasteiger partial charge >= 0.3 is 0 Å². The summed E-state index contributed by atoms with van der Waals surface area (Å²) >= 11 is 0. The molecule has 0 bridgehead atoms. The highest BCUT2D eigenvalue weighted by Gasteiger charge is 2.06. The van der Waals surface area contributed by atoms with Crippen molar-refractivity contribution in [3.05, 3.63) is 0 Å². The van der Waals surface area contributed by atoms with Crippen LogP contribution >= 0.6 is 0 Å². The van der Waals surface area contributed by atoms with Crippen molar-refractivity contribution in [3.8, 4) is 23.7 Å². The number of aliphatic hydroxyl groups is 2. The van der Waals surface area contributed by atoms with Gasteiger partial charge in [-0.15, -0.1) is 0 Å². The minimum atomic E-state index is -3.66. The van der Waals surface area contributed by atoms with Crippen molar-refractivity contribution in [1.29, 1.82) is 0 Å². The Morgan fingerprint density at radius 2 is 0.875 bits per heavy atom. The molecule has 0 saturated heterocycles. The third kappa shape index (κ3) is 42.8. The highest BCUT2D eigenvalue weighted by Crippen LogP contribution is 1.97. The Bertz CT molecular complexity index is 608. The smallest absolute Gasteiger partial charge is 0.264 e. The Morgan fingerprint density at radius 3 is 0.958 bits per heavy atom. The molecule has 0 aromatic heterocycles. The summed E-state index contributed by atoms with van der Waals surface area (Å²) in [5.41, 5.74) is -2.04. The molecule has 0 aromatic rings. The summed E-state index contributed by atoms with van der Waals surface area (Å²) in [6.45, 7) is 9.04. The molecule has 0 saturated carbocycles. The Balaban J connectivity index is -0.000000309. The van der Waals surface area contributed by atoms with Crippen molar-refractivity contribution < 1.29 is 36.2 Å². The molecule has 0 spiro atoms. The van der Waals surface area contributed by atoms with E-state index in [4.69, 9.17) is 19.3 Å². The van der Waals surface area contributed by atoms with Crippen LogP contribution in [-0.4, -0.2) is 58.9 Å². The summed E-state index contributed by atoms with van der Waals surface area (Å²) in [6, 6.07) is 0. The molecule has 0 aliphatic carbocycles. The van der Waals surface area contributed by atoms with Gasteiger partial charge in [0.25, 0.3) is 20.2 Å². The first-order valence-electron chi connectivity index (χ1n) is 6.72. The Hall–Kier alpha value is -1.14. The number of hydrogen-bond acceptors (Lipinski definition) is 6. The molecule has 24 heavy (non-hydrogen) atoms. The van der Waals surface area contributed by atoms with Crippen LogP contribution in [0.2, 0.25) is 0 Å². The van der Waals surface area contributed by atoms with Crippen LogP contribution in [0.15, 0.2) is 0 Å². The summed E-state index contributed by atoms with van der Waals surface area (Å²) in [6.07, 6.45) is 0. The van der Waals surface area contributed by atoms with E-state index in [0.717, 1.165) is 0 Å². The van der Waals surface area contributed by atoms with Crippen molar-refractivity contribution in [3.63, 3.8) is 0 Å². The topological polar surface area (TPSA) is 149 Å². The van der Waals surface area contributed by atoms with Crippen LogP contribution in [0.4, 0.5) is 0 Å². The number of rotatable bonds is 2. The maximum absolute atomic E-state index is 9.56. The average molecular weight is 386 g/mol. The van der Waals surface area contributed by atoms with Gasteiger partial charge in [0.05, 0.1) is 11.5 Å². The molecule has 0 aliphatic heterocycles. The maximum atomic E-state index is 9.56. The zero-order chi connectivity index (χ0) is 20.2. The van der Waals surface area contributed by atoms with E-state index in [1.807, 2.05) is 0 Å². The summed E-state index contributed by atoms with van der Waals surface area (Å²) in [4.78, 5) is 0. The molecule has 142 valence electrons. The molecule has 0 heterocycles. The van der Waals surface area contributed by atoms with Crippen LogP contribution < -0.4 is 0 Å². The highest BCUT2D eigenvalue weighted by atomic mass is 32.2. The second kappa shape index (κ2) is 11.4. The van der Waals surface area contributed by atoms with Gasteiger partial charge in [0, 0.05) is 0 Å². The average Bonchev–Trinajstić information content (AvgIpc) is 2.32. The van der Waals surface area contributed by atoms with Crippen LogP contribution in [0.3, 0.4) is 0 Å². The second-order valence-electron chi connectivity index (χ2n) is 5.36. The van der Waals surface area contributed by atoms with Gasteiger partial charge in [-0.2, -0.15) is 16.8 Å². The SMILES string of the molecule is CC(C)(O)C#CC#CC(C)(C)O.CCS(=O)(=O)O.CCS(=O)(=O)O. The normalized spacial score (nSPS) is 11.2. The van der Waals surface area contributed by atoms with Crippen LogP contribution in [0.5, 0.6) is 0 Å². The molecule has 0 atom stereocenters. The van der Waals surface area contributed by atoms with E-state index < -0.39 is 31.4 Å². The van der Waals surface area contributed by atoms with Crippen LogP contribution in [0.1, 0.15) is 41.5 Å². The summed E-state index contributed by atoms with van der Waals surface area (Å²) < 4.78 is 53.8. The molecule has 0 rings (SSSR count). The van der Waals surface area contributed by atoms with Crippen LogP contribution in [-0.2, 0) is 20.2 Å². The molecule has 10 heteroatoms. The van der Waals surface area contributed by atoms with E-state index in [2.05, 4.69) is 23.7 Å². The summed E-state index contributed by atoms with van der Waals surface area (Å²) in [5.74, 6) is 9.55. The van der Waals surface area contributed by atoms with Gasteiger partial charge in [-0.3, -0.25) is 9.11 Å². The van der Waals surface area contributed by atoms with E-state index >= 15 is 0 Å². The molecular weight excluding hydrogens is 360 g/mol. The standard InChI is InChI=1S/C10H14O2.2C2H6O3S/c1-9(2,11)7-5-6-8-10(3,4)12;2*1-2-6(3,4)5/h11-12H,1-4H3;2*2H2,1H3,(H,3,4,5). The molecule has 0 unspecified atom stereocenters. The third-order valence-corrected chi connectivity index (χ3v) is 2.99. The molecule has 4 N–H and O–H groups in total. The fraction of sp³-hybridized carbons (Fsp3) is 0.714. The van der Waals surface area contributed by atoms with Crippen molar-refractivity contribution in [2.24, 2.45) is 0 Å². The van der Waals surface area contributed by atoms with E-state index in [1.165, 1.54) is 13.8 Å².